The third kappa shape index (κ3) is 3.69. The van der Waals surface area contributed by atoms with E-state index in [9.17, 15) is 0 Å². The summed E-state index contributed by atoms with van der Waals surface area (Å²) in [6.07, 6.45) is 4.94. The summed E-state index contributed by atoms with van der Waals surface area (Å²) in [5.74, 6) is 0.836. The van der Waals surface area contributed by atoms with Gasteiger partial charge in [-0.15, -0.1) is 0 Å². The van der Waals surface area contributed by atoms with E-state index < -0.39 is 0 Å². The molecule has 1 aromatic carbocycles. The van der Waals surface area contributed by atoms with Crippen LogP contribution in [-0.4, -0.2) is 11.1 Å². The fourth-order valence-corrected chi connectivity index (χ4v) is 2.77. The van der Waals surface area contributed by atoms with Crippen LogP contribution in [0, 0.1) is 12.3 Å². The van der Waals surface area contributed by atoms with Crippen molar-refractivity contribution in [2.45, 2.75) is 52.6 Å². The van der Waals surface area contributed by atoms with Crippen LogP contribution >= 0.6 is 12.2 Å². The number of aryl methyl sites for hydroxylation is 1. The summed E-state index contributed by atoms with van der Waals surface area (Å²) in [4.78, 5) is 0.412. The van der Waals surface area contributed by atoms with Gasteiger partial charge < -0.3 is 10.5 Å². The van der Waals surface area contributed by atoms with Crippen molar-refractivity contribution >= 4 is 17.2 Å². The first-order valence-electron chi connectivity index (χ1n) is 6.94. The largest absolute Gasteiger partial charge is 0.490 e. The Labute approximate surface area is 121 Å². The van der Waals surface area contributed by atoms with E-state index >= 15 is 0 Å². The van der Waals surface area contributed by atoms with Crippen LogP contribution in [0.2, 0.25) is 0 Å². The van der Waals surface area contributed by atoms with E-state index in [2.05, 4.69) is 13.8 Å². The maximum Gasteiger partial charge on any atom is 0.129 e. The quantitative estimate of drug-likeness (QED) is 0.849. The van der Waals surface area contributed by atoms with E-state index in [1.165, 1.54) is 12.8 Å². The summed E-state index contributed by atoms with van der Waals surface area (Å²) < 4.78 is 6.13. The predicted octanol–water partition coefficient (Wildman–Crippen LogP) is 3.98. The van der Waals surface area contributed by atoms with Crippen molar-refractivity contribution in [3.05, 3.63) is 29.3 Å². The van der Waals surface area contributed by atoms with E-state index in [0.29, 0.717) is 16.5 Å². The van der Waals surface area contributed by atoms with Crippen molar-refractivity contribution in [1.29, 1.82) is 0 Å². The van der Waals surface area contributed by atoms with Gasteiger partial charge in [0.25, 0.3) is 0 Å². The van der Waals surface area contributed by atoms with E-state index in [1.807, 2.05) is 25.1 Å². The molecule has 1 aliphatic carbocycles. The minimum Gasteiger partial charge on any atom is -0.490 e. The SMILES string of the molecule is Cc1ccc(OC2CCC(C)(C)CC2)c(C(N)=S)c1. The van der Waals surface area contributed by atoms with Crippen LogP contribution in [0.3, 0.4) is 0 Å². The number of benzene rings is 1. The fraction of sp³-hybridized carbons (Fsp3) is 0.562. The average Bonchev–Trinajstić information content (AvgIpc) is 2.33. The predicted molar refractivity (Wildman–Crippen MR) is 83.7 cm³/mol. The molecule has 2 N–H and O–H groups in total. The van der Waals surface area contributed by atoms with Crippen molar-refractivity contribution in [1.82, 2.24) is 0 Å². The molecule has 0 unspecified atom stereocenters. The second-order valence-corrected chi connectivity index (χ2v) is 6.79. The molecule has 0 heterocycles. The molecular formula is C16H23NOS. The number of hydrogen-bond acceptors (Lipinski definition) is 2. The first-order chi connectivity index (χ1) is 8.87. The van der Waals surface area contributed by atoms with Crippen LogP contribution < -0.4 is 10.5 Å². The normalized spacial score (nSPS) is 19.1. The smallest absolute Gasteiger partial charge is 0.129 e. The summed E-state index contributed by atoms with van der Waals surface area (Å²) in [6.45, 7) is 6.69. The summed E-state index contributed by atoms with van der Waals surface area (Å²) in [6, 6.07) is 6.04. The van der Waals surface area contributed by atoms with Gasteiger partial charge in [-0.25, -0.2) is 0 Å². The van der Waals surface area contributed by atoms with Gasteiger partial charge in [-0.1, -0.05) is 37.7 Å². The monoisotopic (exact) mass is 277 g/mol. The van der Waals surface area contributed by atoms with Gasteiger partial charge in [0.2, 0.25) is 0 Å². The van der Waals surface area contributed by atoms with Crippen molar-refractivity contribution in [3.8, 4) is 5.75 Å². The molecule has 1 fully saturated rings. The van der Waals surface area contributed by atoms with Crippen molar-refractivity contribution in [2.24, 2.45) is 11.1 Å². The lowest BCUT2D eigenvalue weighted by atomic mass is 9.76. The van der Waals surface area contributed by atoms with Crippen molar-refractivity contribution in [2.75, 3.05) is 0 Å². The Hall–Kier alpha value is -1.09. The summed E-state index contributed by atoms with van der Waals surface area (Å²) in [5, 5.41) is 0. The second kappa shape index (κ2) is 5.49. The maximum atomic E-state index is 6.13. The molecule has 1 aromatic rings. The molecule has 2 nitrogen and oxygen atoms in total. The Balaban J connectivity index is 2.10. The minimum atomic E-state index is 0.295. The zero-order valence-corrected chi connectivity index (χ0v) is 12.8. The van der Waals surface area contributed by atoms with Gasteiger partial charge in [0.1, 0.15) is 10.7 Å². The van der Waals surface area contributed by atoms with Crippen molar-refractivity contribution in [3.63, 3.8) is 0 Å². The number of thiocarbonyl (C=S) groups is 1. The highest BCUT2D eigenvalue weighted by Gasteiger charge is 2.28. The molecule has 104 valence electrons. The summed E-state index contributed by atoms with van der Waals surface area (Å²) >= 11 is 5.11. The molecule has 0 saturated heterocycles. The van der Waals surface area contributed by atoms with E-state index in [-0.39, 0.29) is 0 Å². The molecule has 1 aliphatic rings. The number of ether oxygens (including phenoxy) is 1. The lowest BCUT2D eigenvalue weighted by Crippen LogP contribution is -2.29. The number of hydrogen-bond donors (Lipinski definition) is 1. The van der Waals surface area contributed by atoms with Gasteiger partial charge >= 0.3 is 0 Å². The van der Waals surface area contributed by atoms with Crippen LogP contribution in [-0.2, 0) is 0 Å². The van der Waals surface area contributed by atoms with Crippen molar-refractivity contribution < 1.29 is 4.74 Å². The Kier molecular flexibility index (Phi) is 4.14. The van der Waals surface area contributed by atoms with Crippen LogP contribution in [0.4, 0.5) is 0 Å². The third-order valence-corrected chi connectivity index (χ3v) is 4.20. The highest BCUT2D eigenvalue weighted by Crippen LogP contribution is 2.37. The molecule has 3 heteroatoms. The minimum absolute atomic E-state index is 0.295. The van der Waals surface area contributed by atoms with E-state index in [1.54, 1.807) is 0 Å². The van der Waals surface area contributed by atoms with Gasteiger partial charge in [-0.3, -0.25) is 0 Å². The highest BCUT2D eigenvalue weighted by molar-refractivity contribution is 7.80. The molecule has 0 aliphatic heterocycles. The standard InChI is InChI=1S/C16H23NOS/c1-11-4-5-14(13(10-11)15(17)19)18-12-6-8-16(2,3)9-7-12/h4-5,10,12H,6-9H2,1-3H3,(H2,17,19). The first-order valence-corrected chi connectivity index (χ1v) is 7.35. The lowest BCUT2D eigenvalue weighted by molar-refractivity contribution is 0.0986. The number of rotatable bonds is 3. The lowest BCUT2D eigenvalue weighted by Gasteiger charge is -2.34. The molecular weight excluding hydrogens is 254 g/mol. The Morgan fingerprint density at radius 3 is 2.53 bits per heavy atom. The first kappa shape index (κ1) is 14.3. The molecule has 0 bridgehead atoms. The molecule has 2 rings (SSSR count). The topological polar surface area (TPSA) is 35.2 Å². The summed E-state index contributed by atoms with van der Waals surface area (Å²) in [7, 11) is 0. The molecule has 0 radical (unpaired) electrons. The molecule has 1 saturated carbocycles. The molecule has 0 spiro atoms. The second-order valence-electron chi connectivity index (χ2n) is 6.35. The van der Waals surface area contributed by atoms with E-state index in [0.717, 1.165) is 29.7 Å². The Morgan fingerprint density at radius 2 is 1.95 bits per heavy atom. The Bertz CT molecular complexity index is 472. The molecule has 0 aromatic heterocycles. The molecule has 0 amide bonds. The molecule has 0 atom stereocenters. The molecule has 19 heavy (non-hydrogen) atoms. The van der Waals surface area contributed by atoms with Gasteiger partial charge in [0.15, 0.2) is 0 Å². The third-order valence-electron chi connectivity index (χ3n) is 3.98. The van der Waals surface area contributed by atoms with Crippen LogP contribution in [0.5, 0.6) is 5.75 Å². The van der Waals surface area contributed by atoms with Crippen LogP contribution in [0.15, 0.2) is 18.2 Å². The van der Waals surface area contributed by atoms with Gasteiger partial charge in [-0.05, 0) is 50.2 Å². The van der Waals surface area contributed by atoms with Gasteiger partial charge in [0, 0.05) is 0 Å². The zero-order chi connectivity index (χ0) is 14.0. The average molecular weight is 277 g/mol. The number of nitrogens with two attached hydrogens (primary N) is 1. The van der Waals surface area contributed by atoms with Crippen LogP contribution in [0.1, 0.15) is 50.7 Å². The fourth-order valence-electron chi connectivity index (χ4n) is 2.61. The van der Waals surface area contributed by atoms with Crippen LogP contribution in [0.25, 0.3) is 0 Å². The summed E-state index contributed by atoms with van der Waals surface area (Å²) in [5.41, 5.74) is 8.25. The highest BCUT2D eigenvalue weighted by atomic mass is 32.1. The van der Waals surface area contributed by atoms with Gasteiger partial charge in [-0.2, -0.15) is 0 Å². The van der Waals surface area contributed by atoms with Gasteiger partial charge in [0.05, 0.1) is 11.7 Å². The van der Waals surface area contributed by atoms with E-state index in [4.69, 9.17) is 22.7 Å². The maximum absolute atomic E-state index is 6.13. The zero-order valence-electron chi connectivity index (χ0n) is 12.0. The Morgan fingerprint density at radius 1 is 1.32 bits per heavy atom.